The van der Waals surface area contributed by atoms with Crippen LogP contribution >= 0.6 is 0 Å². The van der Waals surface area contributed by atoms with Gasteiger partial charge in [-0.15, -0.1) is 0 Å². The highest BCUT2D eigenvalue weighted by molar-refractivity contribution is 7.90. The van der Waals surface area contributed by atoms with E-state index in [2.05, 4.69) is 32.5 Å². The molecule has 0 aliphatic carbocycles. The van der Waals surface area contributed by atoms with E-state index in [9.17, 15) is 31.2 Å². The Bertz CT molecular complexity index is 1410. The lowest BCUT2D eigenvalue weighted by Crippen LogP contribution is -2.15. The molecule has 35 heavy (non-hydrogen) atoms. The van der Waals surface area contributed by atoms with Gasteiger partial charge in [0.15, 0.2) is 0 Å². The highest BCUT2D eigenvalue weighted by Gasteiger charge is 2.36. The van der Waals surface area contributed by atoms with Crippen LogP contribution in [0.15, 0.2) is 72.5 Å². The Morgan fingerprint density at radius 3 is 2.26 bits per heavy atom. The number of halogens is 3. The molecule has 2 amide bonds. The molecular formula is C22H18F3N5O4S. The lowest BCUT2D eigenvalue weighted by Gasteiger charge is -2.15. The summed E-state index contributed by atoms with van der Waals surface area (Å²) < 4.78 is 63.6. The van der Waals surface area contributed by atoms with Gasteiger partial charge >= 0.3 is 6.18 Å². The molecule has 0 atom stereocenters. The van der Waals surface area contributed by atoms with Gasteiger partial charge in [-0.3, -0.25) is 9.59 Å². The van der Waals surface area contributed by atoms with E-state index >= 15 is 0 Å². The van der Waals surface area contributed by atoms with Gasteiger partial charge in [0.05, 0.1) is 0 Å². The molecule has 0 unspecified atom stereocenters. The Labute approximate surface area is 198 Å². The highest BCUT2D eigenvalue weighted by atomic mass is 32.2. The monoisotopic (exact) mass is 505 g/mol. The number of hydrogen-bond acceptors (Lipinski definition) is 7. The molecule has 0 spiro atoms. The molecule has 0 aliphatic heterocycles. The Balaban J connectivity index is 1.85. The largest absolute Gasteiger partial charge is 0.421 e. The van der Waals surface area contributed by atoms with Crippen LogP contribution in [0, 0.1) is 0 Å². The predicted molar refractivity (Wildman–Crippen MR) is 123 cm³/mol. The molecule has 3 N–H and O–H groups in total. The molecule has 1 aromatic heterocycles. The standard InChI is InChI=1S/C22H18F3N5O4S/c1-3-18(31)27-14-7-4-6-13(10-14)20(32)29-16-9-5-8-15(11-16)28-19-17(22(23,24)25)12-26-21(30-19)35(2,33)34/h3-12H,1H2,2H3,(H,27,31)(H,29,32)(H,26,28,30). The number of benzene rings is 2. The summed E-state index contributed by atoms with van der Waals surface area (Å²) in [6.07, 6.45) is -2.62. The van der Waals surface area contributed by atoms with Gasteiger partial charge in [0.1, 0.15) is 11.4 Å². The average molecular weight is 505 g/mol. The van der Waals surface area contributed by atoms with Crippen molar-refractivity contribution in [1.82, 2.24) is 9.97 Å². The van der Waals surface area contributed by atoms with Crippen molar-refractivity contribution in [3.8, 4) is 0 Å². The quantitative estimate of drug-likeness (QED) is 0.327. The van der Waals surface area contributed by atoms with Gasteiger partial charge in [0, 0.05) is 35.1 Å². The van der Waals surface area contributed by atoms with Gasteiger partial charge in [0.2, 0.25) is 20.9 Å². The van der Waals surface area contributed by atoms with Crippen molar-refractivity contribution in [1.29, 1.82) is 0 Å². The van der Waals surface area contributed by atoms with E-state index < -0.39 is 44.4 Å². The smallest absolute Gasteiger partial charge is 0.340 e. The molecule has 9 nitrogen and oxygen atoms in total. The van der Waals surface area contributed by atoms with Gasteiger partial charge in [-0.25, -0.2) is 18.4 Å². The minimum absolute atomic E-state index is 0.0958. The topological polar surface area (TPSA) is 130 Å². The van der Waals surface area contributed by atoms with Crippen LogP contribution < -0.4 is 16.0 Å². The van der Waals surface area contributed by atoms with Crippen molar-refractivity contribution < 1.29 is 31.2 Å². The number of carbonyl (C=O) groups is 2. The van der Waals surface area contributed by atoms with Crippen LogP contribution in [0.3, 0.4) is 0 Å². The number of aromatic nitrogens is 2. The normalized spacial score (nSPS) is 11.4. The summed E-state index contributed by atoms with van der Waals surface area (Å²) in [5.41, 5.74) is -0.371. The molecule has 182 valence electrons. The van der Waals surface area contributed by atoms with Gasteiger partial charge in [-0.05, 0) is 42.5 Å². The molecule has 0 fully saturated rings. The summed E-state index contributed by atoms with van der Waals surface area (Å²) in [4.78, 5) is 30.9. The van der Waals surface area contributed by atoms with Crippen molar-refractivity contribution >= 4 is 44.5 Å². The second-order valence-electron chi connectivity index (χ2n) is 7.12. The van der Waals surface area contributed by atoms with Crippen molar-refractivity contribution in [3.05, 3.63) is 78.5 Å². The van der Waals surface area contributed by atoms with Crippen molar-refractivity contribution in [2.24, 2.45) is 0 Å². The maximum absolute atomic E-state index is 13.4. The summed E-state index contributed by atoms with van der Waals surface area (Å²) in [6.45, 7) is 3.35. The number of hydrogen-bond donors (Lipinski definition) is 3. The number of anilines is 4. The van der Waals surface area contributed by atoms with E-state index in [0.29, 0.717) is 11.9 Å². The van der Waals surface area contributed by atoms with E-state index in [1.807, 2.05) is 0 Å². The number of sulfone groups is 1. The fourth-order valence-electron chi connectivity index (χ4n) is 2.79. The third-order valence-electron chi connectivity index (χ3n) is 4.36. The second kappa shape index (κ2) is 9.93. The predicted octanol–water partition coefficient (Wildman–Crippen LogP) is 4.02. The van der Waals surface area contributed by atoms with E-state index in [1.54, 1.807) is 12.1 Å². The number of nitrogens with zero attached hydrogens (tertiary/aromatic N) is 2. The Morgan fingerprint density at radius 2 is 1.63 bits per heavy atom. The second-order valence-corrected chi connectivity index (χ2v) is 9.03. The van der Waals surface area contributed by atoms with E-state index in [-0.39, 0.29) is 16.9 Å². The number of carbonyl (C=O) groups excluding carboxylic acids is 2. The molecule has 2 aromatic carbocycles. The Kier molecular flexibility index (Phi) is 7.20. The Hall–Kier alpha value is -4.26. The molecule has 0 saturated carbocycles. The van der Waals surface area contributed by atoms with Crippen molar-refractivity contribution in [2.45, 2.75) is 11.3 Å². The zero-order chi connectivity index (χ0) is 25.8. The molecule has 0 radical (unpaired) electrons. The lowest BCUT2D eigenvalue weighted by molar-refractivity contribution is -0.137. The summed E-state index contributed by atoms with van der Waals surface area (Å²) in [5.74, 6) is -1.76. The molecule has 0 aliphatic rings. The number of nitrogens with one attached hydrogen (secondary N) is 3. The number of amides is 2. The van der Waals surface area contributed by atoms with Crippen LogP contribution in [0.1, 0.15) is 15.9 Å². The van der Waals surface area contributed by atoms with Crippen LogP contribution in [0.4, 0.5) is 36.1 Å². The first kappa shape index (κ1) is 25.4. The molecule has 13 heteroatoms. The van der Waals surface area contributed by atoms with Gasteiger partial charge in [0.25, 0.3) is 5.91 Å². The fourth-order valence-corrected chi connectivity index (χ4v) is 3.29. The van der Waals surface area contributed by atoms with Gasteiger partial charge in [-0.2, -0.15) is 13.2 Å². The lowest BCUT2D eigenvalue weighted by atomic mass is 10.1. The van der Waals surface area contributed by atoms with E-state index in [0.717, 1.165) is 12.3 Å². The minimum Gasteiger partial charge on any atom is -0.340 e. The highest BCUT2D eigenvalue weighted by Crippen LogP contribution is 2.35. The number of alkyl halides is 3. The van der Waals surface area contributed by atoms with Crippen molar-refractivity contribution in [2.75, 3.05) is 22.2 Å². The summed E-state index contributed by atoms with van der Waals surface area (Å²) in [5, 5.41) is 6.78. The maximum Gasteiger partial charge on any atom is 0.421 e. The van der Waals surface area contributed by atoms with Crippen LogP contribution in [-0.4, -0.2) is 36.5 Å². The molecular weight excluding hydrogens is 487 g/mol. The van der Waals surface area contributed by atoms with Gasteiger partial charge in [-0.1, -0.05) is 18.7 Å². The molecule has 0 saturated heterocycles. The summed E-state index contributed by atoms with van der Waals surface area (Å²) in [7, 11) is -3.97. The molecule has 3 aromatic rings. The maximum atomic E-state index is 13.4. The van der Waals surface area contributed by atoms with Gasteiger partial charge < -0.3 is 16.0 Å². The van der Waals surface area contributed by atoms with E-state index in [4.69, 9.17) is 0 Å². The summed E-state index contributed by atoms with van der Waals surface area (Å²) >= 11 is 0. The molecule has 3 rings (SSSR count). The number of rotatable bonds is 7. The molecule has 0 bridgehead atoms. The SMILES string of the molecule is C=CC(=O)Nc1cccc(C(=O)Nc2cccc(Nc3nc(S(C)(=O)=O)ncc3C(F)(F)F)c2)c1. The minimum atomic E-state index is -4.85. The van der Waals surface area contributed by atoms with Crippen LogP contribution in [0.2, 0.25) is 0 Å². The third kappa shape index (κ3) is 6.63. The van der Waals surface area contributed by atoms with Crippen molar-refractivity contribution in [3.63, 3.8) is 0 Å². The van der Waals surface area contributed by atoms with Crippen LogP contribution in [0.5, 0.6) is 0 Å². The zero-order valence-corrected chi connectivity index (χ0v) is 18.9. The third-order valence-corrected chi connectivity index (χ3v) is 5.22. The molecule has 1 heterocycles. The van der Waals surface area contributed by atoms with Crippen LogP contribution in [-0.2, 0) is 20.8 Å². The fraction of sp³-hybridized carbons (Fsp3) is 0.0909. The first-order chi connectivity index (χ1) is 16.4. The first-order valence-electron chi connectivity index (χ1n) is 9.73. The summed E-state index contributed by atoms with van der Waals surface area (Å²) in [6, 6.07) is 11.8. The van der Waals surface area contributed by atoms with Crippen LogP contribution in [0.25, 0.3) is 0 Å². The van der Waals surface area contributed by atoms with E-state index in [1.165, 1.54) is 36.4 Å². The first-order valence-corrected chi connectivity index (χ1v) is 11.6. The zero-order valence-electron chi connectivity index (χ0n) is 18.1. The average Bonchev–Trinajstić information content (AvgIpc) is 2.78. The Morgan fingerprint density at radius 1 is 1.00 bits per heavy atom.